The van der Waals surface area contributed by atoms with Crippen LogP contribution in [0.3, 0.4) is 0 Å². The van der Waals surface area contributed by atoms with Crippen molar-refractivity contribution in [2.24, 2.45) is 11.7 Å². The van der Waals surface area contributed by atoms with Crippen molar-refractivity contribution in [1.29, 1.82) is 0 Å². The maximum absolute atomic E-state index is 12.3. The van der Waals surface area contributed by atoms with Gasteiger partial charge in [0.1, 0.15) is 10.7 Å². The lowest BCUT2D eigenvalue weighted by Gasteiger charge is -2.34. The van der Waals surface area contributed by atoms with Gasteiger partial charge in [-0.25, -0.2) is 4.98 Å². The van der Waals surface area contributed by atoms with Gasteiger partial charge in [0.15, 0.2) is 0 Å². The average molecular weight is 310 g/mol. The molecule has 2 N–H and O–H groups in total. The van der Waals surface area contributed by atoms with Gasteiger partial charge in [-0.05, 0) is 5.92 Å². The van der Waals surface area contributed by atoms with Crippen molar-refractivity contribution in [1.82, 2.24) is 14.8 Å². The Hall–Kier alpha value is -1.47. The van der Waals surface area contributed by atoms with Crippen LogP contribution in [-0.2, 0) is 11.3 Å². The Bertz CT molecular complexity index is 507. The zero-order valence-electron chi connectivity index (χ0n) is 12.5. The fourth-order valence-electron chi connectivity index (χ4n) is 2.30. The standard InChI is InChI=1S/C14H22N4O2S/c1-10(2)7-13(19)17-3-5-18(6-4-17)14(20)11-9-21-12(8-15)16-11/h9-10H,3-8,15H2,1-2H3. The van der Waals surface area contributed by atoms with Crippen molar-refractivity contribution < 1.29 is 9.59 Å². The monoisotopic (exact) mass is 310 g/mol. The summed E-state index contributed by atoms with van der Waals surface area (Å²) in [4.78, 5) is 32.1. The largest absolute Gasteiger partial charge is 0.339 e. The first-order valence-electron chi connectivity index (χ1n) is 7.22. The van der Waals surface area contributed by atoms with Crippen LogP contribution in [0.1, 0.15) is 35.8 Å². The van der Waals surface area contributed by atoms with Crippen molar-refractivity contribution >= 4 is 23.2 Å². The van der Waals surface area contributed by atoms with Gasteiger partial charge in [0, 0.05) is 44.5 Å². The molecule has 0 aliphatic carbocycles. The number of aromatic nitrogens is 1. The van der Waals surface area contributed by atoms with Crippen LogP contribution in [0.25, 0.3) is 0 Å². The molecule has 0 aromatic carbocycles. The molecule has 2 heterocycles. The van der Waals surface area contributed by atoms with E-state index in [-0.39, 0.29) is 11.8 Å². The van der Waals surface area contributed by atoms with E-state index in [4.69, 9.17) is 5.73 Å². The highest BCUT2D eigenvalue weighted by atomic mass is 32.1. The molecule has 2 amide bonds. The minimum absolute atomic E-state index is 0.0677. The molecular formula is C14H22N4O2S. The molecule has 21 heavy (non-hydrogen) atoms. The maximum Gasteiger partial charge on any atom is 0.273 e. The fourth-order valence-corrected chi connectivity index (χ4v) is 2.95. The number of nitrogens with zero attached hydrogens (tertiary/aromatic N) is 3. The molecule has 0 atom stereocenters. The zero-order valence-corrected chi connectivity index (χ0v) is 13.4. The minimum Gasteiger partial charge on any atom is -0.339 e. The zero-order chi connectivity index (χ0) is 15.4. The van der Waals surface area contributed by atoms with Crippen LogP contribution < -0.4 is 5.73 Å². The van der Waals surface area contributed by atoms with Crippen molar-refractivity contribution in [2.45, 2.75) is 26.8 Å². The van der Waals surface area contributed by atoms with Gasteiger partial charge in [0.2, 0.25) is 5.91 Å². The third-order valence-electron chi connectivity index (χ3n) is 3.45. The number of amides is 2. The molecule has 0 spiro atoms. The van der Waals surface area contributed by atoms with Gasteiger partial charge in [-0.15, -0.1) is 11.3 Å². The maximum atomic E-state index is 12.3. The SMILES string of the molecule is CC(C)CC(=O)N1CCN(C(=O)c2csc(CN)n2)CC1. The molecule has 1 aromatic heterocycles. The van der Waals surface area contributed by atoms with Crippen LogP contribution in [0, 0.1) is 5.92 Å². The van der Waals surface area contributed by atoms with Crippen LogP contribution in [0.4, 0.5) is 0 Å². The fraction of sp³-hybridized carbons (Fsp3) is 0.643. The Balaban J connectivity index is 1.88. The summed E-state index contributed by atoms with van der Waals surface area (Å²) in [7, 11) is 0. The predicted molar refractivity (Wildman–Crippen MR) is 81.9 cm³/mol. The number of nitrogens with two attached hydrogens (primary N) is 1. The normalized spacial score (nSPS) is 15.6. The molecule has 1 aliphatic heterocycles. The molecule has 0 bridgehead atoms. The van der Waals surface area contributed by atoms with E-state index in [1.165, 1.54) is 11.3 Å². The highest BCUT2D eigenvalue weighted by Crippen LogP contribution is 2.14. The predicted octanol–water partition coefficient (Wildman–Crippen LogP) is 0.932. The Morgan fingerprint density at radius 3 is 2.43 bits per heavy atom. The molecule has 0 radical (unpaired) electrons. The summed E-state index contributed by atoms with van der Waals surface area (Å²) in [5.74, 6) is 0.472. The molecular weight excluding hydrogens is 288 g/mol. The highest BCUT2D eigenvalue weighted by molar-refractivity contribution is 7.09. The van der Waals surface area contributed by atoms with Crippen LogP contribution in [0.5, 0.6) is 0 Å². The Kier molecular flexibility index (Phi) is 5.30. The smallest absolute Gasteiger partial charge is 0.273 e. The number of carbonyl (C=O) groups excluding carboxylic acids is 2. The van der Waals surface area contributed by atoms with E-state index in [0.29, 0.717) is 50.8 Å². The van der Waals surface area contributed by atoms with E-state index in [1.54, 1.807) is 10.3 Å². The lowest BCUT2D eigenvalue weighted by atomic mass is 10.1. The van der Waals surface area contributed by atoms with E-state index < -0.39 is 0 Å². The number of hydrogen-bond acceptors (Lipinski definition) is 5. The van der Waals surface area contributed by atoms with Crippen LogP contribution in [-0.4, -0.2) is 52.8 Å². The second-order valence-corrected chi connectivity index (χ2v) is 6.54. The van der Waals surface area contributed by atoms with Gasteiger partial charge in [-0.2, -0.15) is 0 Å². The lowest BCUT2D eigenvalue weighted by Crippen LogP contribution is -2.50. The number of rotatable bonds is 4. The van der Waals surface area contributed by atoms with Crippen LogP contribution in [0.2, 0.25) is 0 Å². The molecule has 0 unspecified atom stereocenters. The summed E-state index contributed by atoms with van der Waals surface area (Å²) in [6.07, 6.45) is 0.569. The first-order valence-corrected chi connectivity index (χ1v) is 8.10. The first kappa shape index (κ1) is 15.9. The number of hydrogen-bond donors (Lipinski definition) is 1. The van der Waals surface area contributed by atoms with Crippen molar-refractivity contribution in [3.63, 3.8) is 0 Å². The van der Waals surface area contributed by atoms with E-state index in [0.717, 1.165) is 5.01 Å². The second-order valence-electron chi connectivity index (χ2n) is 5.60. The lowest BCUT2D eigenvalue weighted by molar-refractivity contribution is -0.133. The number of thiazole rings is 1. The molecule has 1 fully saturated rings. The summed E-state index contributed by atoms with van der Waals surface area (Å²) in [6.45, 7) is 6.77. The van der Waals surface area contributed by atoms with Gasteiger partial charge in [0.25, 0.3) is 5.91 Å². The summed E-state index contributed by atoms with van der Waals surface area (Å²) >= 11 is 1.41. The van der Waals surface area contributed by atoms with Gasteiger partial charge < -0.3 is 15.5 Å². The Morgan fingerprint density at radius 2 is 1.90 bits per heavy atom. The van der Waals surface area contributed by atoms with E-state index in [1.807, 2.05) is 18.7 Å². The molecule has 7 heteroatoms. The van der Waals surface area contributed by atoms with Gasteiger partial charge >= 0.3 is 0 Å². The molecule has 2 rings (SSSR count). The molecule has 1 saturated heterocycles. The molecule has 0 saturated carbocycles. The van der Waals surface area contributed by atoms with Gasteiger partial charge in [-0.1, -0.05) is 13.8 Å². The second kappa shape index (κ2) is 7.00. The van der Waals surface area contributed by atoms with E-state index in [9.17, 15) is 9.59 Å². The van der Waals surface area contributed by atoms with E-state index in [2.05, 4.69) is 4.98 Å². The topological polar surface area (TPSA) is 79.5 Å². The Morgan fingerprint density at radius 1 is 1.29 bits per heavy atom. The first-order chi connectivity index (χ1) is 10.0. The summed E-state index contributed by atoms with van der Waals surface area (Å²) < 4.78 is 0. The van der Waals surface area contributed by atoms with Crippen molar-refractivity contribution in [3.05, 3.63) is 16.1 Å². The molecule has 6 nitrogen and oxygen atoms in total. The average Bonchev–Trinajstić information content (AvgIpc) is 2.95. The molecule has 116 valence electrons. The van der Waals surface area contributed by atoms with Gasteiger partial charge in [-0.3, -0.25) is 9.59 Å². The third-order valence-corrected chi connectivity index (χ3v) is 4.32. The van der Waals surface area contributed by atoms with Crippen LogP contribution >= 0.6 is 11.3 Å². The number of piperazine rings is 1. The van der Waals surface area contributed by atoms with E-state index >= 15 is 0 Å². The van der Waals surface area contributed by atoms with Crippen LogP contribution in [0.15, 0.2) is 5.38 Å². The molecule has 1 aliphatic rings. The van der Waals surface area contributed by atoms with Gasteiger partial charge in [0.05, 0.1) is 0 Å². The Labute approximate surface area is 128 Å². The minimum atomic E-state index is -0.0677. The van der Waals surface area contributed by atoms with Crippen molar-refractivity contribution in [3.8, 4) is 0 Å². The van der Waals surface area contributed by atoms with Crippen molar-refractivity contribution in [2.75, 3.05) is 26.2 Å². The number of carbonyl (C=O) groups is 2. The quantitative estimate of drug-likeness (QED) is 0.897. The molecule has 1 aromatic rings. The summed E-state index contributed by atoms with van der Waals surface area (Å²) in [6, 6.07) is 0. The highest BCUT2D eigenvalue weighted by Gasteiger charge is 2.26. The summed E-state index contributed by atoms with van der Waals surface area (Å²) in [5.41, 5.74) is 5.97. The third kappa shape index (κ3) is 4.01. The summed E-state index contributed by atoms with van der Waals surface area (Å²) in [5, 5.41) is 2.52.